The zero-order valence-electron chi connectivity index (χ0n) is 10.2. The molecule has 6 heteroatoms. The Morgan fingerprint density at radius 2 is 2.33 bits per heavy atom. The maximum Gasteiger partial charge on any atom is 0.225 e. The Bertz CT molecular complexity index is 509. The number of anilines is 1. The number of aromatic nitrogens is 4. The molecule has 2 aromatic rings. The number of unbranched alkanes of at least 4 members (excludes halogenated alkanes) is 1. The summed E-state index contributed by atoms with van der Waals surface area (Å²) in [4.78, 5) is 23.7. The molecule has 1 amide bonds. The van der Waals surface area contributed by atoms with Crippen molar-refractivity contribution in [3.05, 3.63) is 31.1 Å². The second-order valence-corrected chi connectivity index (χ2v) is 3.88. The van der Waals surface area contributed by atoms with E-state index in [4.69, 9.17) is 0 Å². The molecule has 0 aliphatic heterocycles. The van der Waals surface area contributed by atoms with Gasteiger partial charge in [0, 0.05) is 24.9 Å². The van der Waals surface area contributed by atoms with Crippen LogP contribution in [0, 0.1) is 0 Å². The predicted octanol–water partition coefficient (Wildman–Crippen LogP) is 1.79. The van der Waals surface area contributed by atoms with Crippen molar-refractivity contribution in [2.24, 2.45) is 0 Å². The number of hydrogen-bond acceptors (Lipinski definition) is 4. The molecular formula is C12H15N5O. The van der Waals surface area contributed by atoms with Crippen LogP contribution in [0.25, 0.3) is 5.82 Å². The molecule has 0 aromatic carbocycles. The van der Waals surface area contributed by atoms with Gasteiger partial charge in [0.1, 0.15) is 24.3 Å². The molecule has 1 N–H and O–H groups in total. The van der Waals surface area contributed by atoms with Gasteiger partial charge in [-0.05, 0) is 6.42 Å². The van der Waals surface area contributed by atoms with Crippen LogP contribution in [0.5, 0.6) is 0 Å². The second-order valence-electron chi connectivity index (χ2n) is 3.88. The van der Waals surface area contributed by atoms with E-state index >= 15 is 0 Å². The Morgan fingerprint density at radius 3 is 3.06 bits per heavy atom. The lowest BCUT2D eigenvalue weighted by atomic mass is 10.2. The summed E-state index contributed by atoms with van der Waals surface area (Å²) < 4.78 is 1.75. The van der Waals surface area contributed by atoms with Gasteiger partial charge in [-0.2, -0.15) is 0 Å². The average molecular weight is 245 g/mol. The molecule has 6 nitrogen and oxygen atoms in total. The molecule has 0 atom stereocenters. The molecule has 18 heavy (non-hydrogen) atoms. The van der Waals surface area contributed by atoms with Crippen molar-refractivity contribution in [1.29, 1.82) is 0 Å². The van der Waals surface area contributed by atoms with Crippen molar-refractivity contribution in [2.75, 3.05) is 5.32 Å². The van der Waals surface area contributed by atoms with Crippen LogP contribution in [0.4, 0.5) is 5.82 Å². The first-order valence-corrected chi connectivity index (χ1v) is 5.90. The summed E-state index contributed by atoms with van der Waals surface area (Å²) in [6, 6.07) is 1.71. The summed E-state index contributed by atoms with van der Waals surface area (Å²) in [5.41, 5.74) is 0. The highest BCUT2D eigenvalue weighted by atomic mass is 16.1. The maximum absolute atomic E-state index is 11.6. The molecule has 0 unspecified atom stereocenters. The fraction of sp³-hybridized carbons (Fsp3) is 0.333. The maximum atomic E-state index is 11.6. The minimum absolute atomic E-state index is 0.0212. The minimum Gasteiger partial charge on any atom is -0.311 e. The Labute approximate surface area is 105 Å². The van der Waals surface area contributed by atoms with Gasteiger partial charge in [0.25, 0.3) is 0 Å². The van der Waals surface area contributed by atoms with Crippen LogP contribution < -0.4 is 5.32 Å². The highest BCUT2D eigenvalue weighted by Gasteiger charge is 2.04. The smallest absolute Gasteiger partial charge is 0.225 e. The van der Waals surface area contributed by atoms with Gasteiger partial charge < -0.3 is 5.32 Å². The average Bonchev–Trinajstić information content (AvgIpc) is 2.90. The molecule has 2 rings (SSSR count). The predicted molar refractivity (Wildman–Crippen MR) is 67.3 cm³/mol. The van der Waals surface area contributed by atoms with Crippen molar-refractivity contribution in [3.8, 4) is 5.82 Å². The van der Waals surface area contributed by atoms with Gasteiger partial charge in [0.05, 0.1) is 0 Å². The molecule has 2 aromatic heterocycles. The van der Waals surface area contributed by atoms with E-state index in [1.54, 1.807) is 29.4 Å². The van der Waals surface area contributed by atoms with Gasteiger partial charge in [-0.15, -0.1) is 0 Å². The Kier molecular flexibility index (Phi) is 4.01. The van der Waals surface area contributed by atoms with E-state index in [1.807, 2.05) is 0 Å². The number of nitrogens with zero attached hydrogens (tertiary/aromatic N) is 4. The Morgan fingerprint density at radius 1 is 1.44 bits per heavy atom. The first-order valence-electron chi connectivity index (χ1n) is 5.90. The summed E-state index contributed by atoms with van der Waals surface area (Å²) in [6.07, 6.45) is 8.91. The summed E-state index contributed by atoms with van der Waals surface area (Å²) in [6.45, 7) is 2.05. The third kappa shape index (κ3) is 3.13. The molecule has 0 spiro atoms. The number of imidazole rings is 1. The van der Waals surface area contributed by atoms with Crippen LogP contribution in [0.3, 0.4) is 0 Å². The zero-order valence-corrected chi connectivity index (χ0v) is 10.2. The molecule has 0 saturated heterocycles. The molecular weight excluding hydrogens is 230 g/mol. The van der Waals surface area contributed by atoms with Crippen molar-refractivity contribution in [1.82, 2.24) is 19.5 Å². The van der Waals surface area contributed by atoms with E-state index in [-0.39, 0.29) is 5.91 Å². The summed E-state index contributed by atoms with van der Waals surface area (Å²) in [5, 5.41) is 2.76. The third-order valence-electron chi connectivity index (χ3n) is 2.45. The second kappa shape index (κ2) is 5.90. The van der Waals surface area contributed by atoms with E-state index < -0.39 is 0 Å². The molecule has 2 heterocycles. The van der Waals surface area contributed by atoms with Gasteiger partial charge in [-0.25, -0.2) is 15.0 Å². The van der Waals surface area contributed by atoms with Crippen molar-refractivity contribution in [2.45, 2.75) is 26.2 Å². The van der Waals surface area contributed by atoms with Crippen LogP contribution in [-0.4, -0.2) is 25.4 Å². The van der Waals surface area contributed by atoms with Crippen LogP contribution in [0.15, 0.2) is 31.1 Å². The van der Waals surface area contributed by atoms with E-state index in [0.717, 1.165) is 12.8 Å². The number of carbonyl (C=O) groups is 1. The number of amides is 1. The summed E-state index contributed by atoms with van der Waals surface area (Å²) in [7, 11) is 0. The fourth-order valence-corrected chi connectivity index (χ4v) is 1.49. The number of rotatable bonds is 5. The van der Waals surface area contributed by atoms with Gasteiger partial charge in [-0.3, -0.25) is 9.36 Å². The Balaban J connectivity index is 2.06. The van der Waals surface area contributed by atoms with Gasteiger partial charge in [0.15, 0.2) is 0 Å². The van der Waals surface area contributed by atoms with Crippen LogP contribution in [-0.2, 0) is 4.79 Å². The first-order chi connectivity index (χ1) is 8.79. The van der Waals surface area contributed by atoms with Gasteiger partial charge >= 0.3 is 0 Å². The largest absolute Gasteiger partial charge is 0.311 e. The molecule has 0 aliphatic rings. The van der Waals surface area contributed by atoms with E-state index in [0.29, 0.717) is 18.1 Å². The Hall–Kier alpha value is -2.24. The lowest BCUT2D eigenvalue weighted by Crippen LogP contribution is -2.12. The SMILES string of the molecule is CCCCC(=O)Nc1cc(-n2ccnc2)ncn1. The molecule has 0 aliphatic carbocycles. The lowest BCUT2D eigenvalue weighted by molar-refractivity contribution is -0.116. The normalized spacial score (nSPS) is 10.3. The zero-order chi connectivity index (χ0) is 12.8. The first kappa shape index (κ1) is 12.2. The minimum atomic E-state index is -0.0212. The standard InChI is InChI=1S/C12H15N5O/c1-2-3-4-12(18)16-10-7-11(15-8-14-10)17-6-5-13-9-17/h5-9H,2-4H2,1H3,(H,14,15,16,18). The van der Waals surface area contributed by atoms with Gasteiger partial charge in [-0.1, -0.05) is 13.3 Å². The molecule has 0 saturated carbocycles. The van der Waals surface area contributed by atoms with E-state index in [9.17, 15) is 4.79 Å². The molecule has 94 valence electrons. The topological polar surface area (TPSA) is 72.7 Å². The quantitative estimate of drug-likeness (QED) is 0.871. The number of hydrogen-bond donors (Lipinski definition) is 1. The van der Waals surface area contributed by atoms with E-state index in [2.05, 4.69) is 27.2 Å². The van der Waals surface area contributed by atoms with Crippen LogP contribution in [0.1, 0.15) is 26.2 Å². The van der Waals surface area contributed by atoms with Crippen molar-refractivity contribution >= 4 is 11.7 Å². The fourth-order valence-electron chi connectivity index (χ4n) is 1.49. The van der Waals surface area contributed by atoms with Crippen LogP contribution >= 0.6 is 0 Å². The lowest BCUT2D eigenvalue weighted by Gasteiger charge is -2.05. The van der Waals surface area contributed by atoms with Crippen molar-refractivity contribution in [3.63, 3.8) is 0 Å². The summed E-state index contributed by atoms with van der Waals surface area (Å²) in [5.74, 6) is 1.16. The monoisotopic (exact) mass is 245 g/mol. The number of nitrogens with one attached hydrogen (secondary N) is 1. The van der Waals surface area contributed by atoms with Crippen LogP contribution in [0.2, 0.25) is 0 Å². The van der Waals surface area contributed by atoms with Gasteiger partial charge in [0.2, 0.25) is 5.91 Å². The molecule has 0 radical (unpaired) electrons. The third-order valence-corrected chi connectivity index (χ3v) is 2.45. The van der Waals surface area contributed by atoms with E-state index in [1.165, 1.54) is 6.33 Å². The number of carbonyl (C=O) groups excluding carboxylic acids is 1. The molecule has 0 bridgehead atoms. The van der Waals surface area contributed by atoms with Crippen molar-refractivity contribution < 1.29 is 4.79 Å². The highest BCUT2D eigenvalue weighted by molar-refractivity contribution is 5.89. The summed E-state index contributed by atoms with van der Waals surface area (Å²) >= 11 is 0. The highest BCUT2D eigenvalue weighted by Crippen LogP contribution is 2.09. The molecule has 0 fully saturated rings.